The van der Waals surface area contributed by atoms with Gasteiger partial charge in [-0.05, 0) is 31.0 Å². The number of fused-ring (bicyclic) bond motifs is 1. The number of likely N-dealkylation sites (tertiary alicyclic amines) is 1. The van der Waals surface area contributed by atoms with Crippen molar-refractivity contribution in [2.75, 3.05) is 20.2 Å². The number of hydrogen-bond acceptors (Lipinski definition) is 4. The summed E-state index contributed by atoms with van der Waals surface area (Å²) in [5, 5.41) is 3.71. The van der Waals surface area contributed by atoms with Crippen LogP contribution >= 0.6 is 0 Å². The fourth-order valence-electron chi connectivity index (χ4n) is 4.05. The first-order chi connectivity index (χ1) is 12.7. The largest absolute Gasteiger partial charge is 0.496 e. The van der Waals surface area contributed by atoms with E-state index in [0.29, 0.717) is 6.04 Å². The van der Waals surface area contributed by atoms with Crippen molar-refractivity contribution in [3.8, 4) is 11.5 Å². The molecule has 2 aliphatic rings. The van der Waals surface area contributed by atoms with Gasteiger partial charge < -0.3 is 14.8 Å². The second kappa shape index (κ2) is 7.68. The Labute approximate surface area is 156 Å². The zero-order valence-corrected chi connectivity index (χ0v) is 15.7. The van der Waals surface area contributed by atoms with Gasteiger partial charge >= 0.3 is 0 Å². The van der Waals surface area contributed by atoms with Gasteiger partial charge in [0.05, 0.1) is 7.11 Å². The van der Waals surface area contributed by atoms with Crippen LogP contribution < -0.4 is 14.8 Å². The molecule has 2 atom stereocenters. The van der Waals surface area contributed by atoms with Gasteiger partial charge in [-0.15, -0.1) is 0 Å². The maximum absolute atomic E-state index is 5.91. The zero-order chi connectivity index (χ0) is 17.9. The fourth-order valence-corrected chi connectivity index (χ4v) is 4.05. The molecule has 0 saturated carbocycles. The minimum atomic E-state index is 0.263. The van der Waals surface area contributed by atoms with E-state index in [9.17, 15) is 0 Å². The first-order valence-electron chi connectivity index (χ1n) is 9.57. The van der Waals surface area contributed by atoms with Crippen molar-refractivity contribution in [2.45, 2.75) is 45.0 Å². The molecule has 0 bridgehead atoms. The van der Waals surface area contributed by atoms with Crippen molar-refractivity contribution in [1.82, 2.24) is 10.2 Å². The van der Waals surface area contributed by atoms with Crippen molar-refractivity contribution in [3.05, 3.63) is 59.2 Å². The van der Waals surface area contributed by atoms with Crippen LogP contribution in [0.5, 0.6) is 11.5 Å². The standard InChI is InChI=1S/C22H28N2O2/c1-16-10-18-11-21(25-2)19(12-22(18)26-16)13-23-20-8-9-24(15-20)14-17-6-4-3-5-7-17/h3-7,11-12,16,20,23H,8-10,13-15H2,1-2H3/t16-,20-/m0/s1. The zero-order valence-electron chi connectivity index (χ0n) is 15.7. The molecule has 138 valence electrons. The molecule has 0 aromatic heterocycles. The normalized spacial score (nSPS) is 22.2. The van der Waals surface area contributed by atoms with E-state index >= 15 is 0 Å². The summed E-state index contributed by atoms with van der Waals surface area (Å²) in [5.74, 6) is 1.99. The summed E-state index contributed by atoms with van der Waals surface area (Å²) in [6, 6.07) is 15.5. The van der Waals surface area contributed by atoms with E-state index in [0.717, 1.165) is 44.1 Å². The van der Waals surface area contributed by atoms with E-state index < -0.39 is 0 Å². The molecule has 4 heteroatoms. The lowest BCUT2D eigenvalue weighted by atomic mass is 10.1. The molecule has 0 aliphatic carbocycles. The highest BCUT2D eigenvalue weighted by Crippen LogP contribution is 2.35. The van der Waals surface area contributed by atoms with E-state index in [1.54, 1.807) is 7.11 Å². The average molecular weight is 352 g/mol. The van der Waals surface area contributed by atoms with Crippen molar-refractivity contribution in [2.24, 2.45) is 0 Å². The Morgan fingerprint density at radius 3 is 2.88 bits per heavy atom. The van der Waals surface area contributed by atoms with Gasteiger partial charge in [-0.25, -0.2) is 0 Å². The number of nitrogens with one attached hydrogen (secondary N) is 1. The number of nitrogens with zero attached hydrogens (tertiary/aromatic N) is 1. The molecule has 0 unspecified atom stereocenters. The highest BCUT2D eigenvalue weighted by Gasteiger charge is 2.24. The Hall–Kier alpha value is -2.04. The molecule has 2 heterocycles. The summed E-state index contributed by atoms with van der Waals surface area (Å²) in [4.78, 5) is 2.53. The molecule has 1 fully saturated rings. The van der Waals surface area contributed by atoms with Crippen molar-refractivity contribution in [1.29, 1.82) is 0 Å². The molecule has 1 N–H and O–H groups in total. The van der Waals surface area contributed by atoms with E-state index in [1.807, 2.05) is 0 Å². The third-order valence-electron chi connectivity index (χ3n) is 5.40. The number of ether oxygens (including phenoxy) is 2. The monoisotopic (exact) mass is 352 g/mol. The van der Waals surface area contributed by atoms with E-state index in [4.69, 9.17) is 9.47 Å². The summed E-state index contributed by atoms with van der Waals surface area (Å²) in [5.41, 5.74) is 3.83. The van der Waals surface area contributed by atoms with Gasteiger partial charge in [-0.3, -0.25) is 4.90 Å². The third kappa shape index (κ3) is 3.87. The van der Waals surface area contributed by atoms with Crippen LogP contribution in [0.15, 0.2) is 42.5 Å². The highest BCUT2D eigenvalue weighted by atomic mass is 16.5. The highest BCUT2D eigenvalue weighted by molar-refractivity contribution is 5.48. The van der Waals surface area contributed by atoms with Gasteiger partial charge in [-0.1, -0.05) is 30.3 Å². The summed E-state index contributed by atoms with van der Waals surface area (Å²) in [6.07, 6.45) is 2.42. The van der Waals surface area contributed by atoms with Gasteiger partial charge in [0, 0.05) is 49.8 Å². The van der Waals surface area contributed by atoms with Crippen LogP contribution in [-0.2, 0) is 19.5 Å². The number of rotatable bonds is 6. The molecule has 26 heavy (non-hydrogen) atoms. The minimum Gasteiger partial charge on any atom is -0.496 e. The van der Waals surface area contributed by atoms with E-state index in [2.05, 4.69) is 59.6 Å². The van der Waals surface area contributed by atoms with Crippen molar-refractivity contribution < 1.29 is 9.47 Å². The maximum atomic E-state index is 5.91. The Kier molecular flexibility index (Phi) is 5.14. The lowest BCUT2D eigenvalue weighted by Crippen LogP contribution is -2.32. The Morgan fingerprint density at radius 2 is 2.08 bits per heavy atom. The Bertz CT molecular complexity index is 747. The molecule has 2 aromatic rings. The first kappa shape index (κ1) is 17.4. The van der Waals surface area contributed by atoms with Crippen molar-refractivity contribution in [3.63, 3.8) is 0 Å². The summed E-state index contributed by atoms with van der Waals surface area (Å²) in [7, 11) is 1.75. The minimum absolute atomic E-state index is 0.263. The summed E-state index contributed by atoms with van der Waals surface area (Å²) in [6.45, 7) is 6.21. The van der Waals surface area contributed by atoms with E-state index in [1.165, 1.54) is 23.1 Å². The molecule has 2 aliphatic heterocycles. The van der Waals surface area contributed by atoms with Crippen LogP contribution in [0.3, 0.4) is 0 Å². The smallest absolute Gasteiger partial charge is 0.123 e. The molecular formula is C22H28N2O2. The summed E-state index contributed by atoms with van der Waals surface area (Å²) >= 11 is 0. The van der Waals surface area contributed by atoms with Gasteiger partial charge in [0.2, 0.25) is 0 Å². The first-order valence-corrected chi connectivity index (χ1v) is 9.57. The van der Waals surface area contributed by atoms with Crippen LogP contribution in [0.2, 0.25) is 0 Å². The number of hydrogen-bond donors (Lipinski definition) is 1. The summed E-state index contributed by atoms with van der Waals surface area (Å²) < 4.78 is 11.5. The third-order valence-corrected chi connectivity index (χ3v) is 5.40. The predicted molar refractivity (Wildman–Crippen MR) is 104 cm³/mol. The van der Waals surface area contributed by atoms with Gasteiger partial charge in [0.25, 0.3) is 0 Å². The SMILES string of the molecule is COc1cc2c(cc1CN[C@H]1CCN(Cc3ccccc3)C1)O[C@@H](C)C2. The Balaban J connectivity index is 1.34. The molecule has 0 amide bonds. The lowest BCUT2D eigenvalue weighted by Gasteiger charge is -2.18. The van der Waals surface area contributed by atoms with E-state index in [-0.39, 0.29) is 6.10 Å². The van der Waals surface area contributed by atoms with Crippen LogP contribution in [0, 0.1) is 0 Å². The molecule has 4 rings (SSSR count). The molecule has 0 spiro atoms. The van der Waals surface area contributed by atoms with Crippen LogP contribution in [-0.4, -0.2) is 37.2 Å². The van der Waals surface area contributed by atoms with Gasteiger partial charge in [0.1, 0.15) is 17.6 Å². The van der Waals surface area contributed by atoms with Crippen LogP contribution in [0.25, 0.3) is 0 Å². The molecule has 4 nitrogen and oxygen atoms in total. The van der Waals surface area contributed by atoms with Crippen LogP contribution in [0.4, 0.5) is 0 Å². The molecule has 1 saturated heterocycles. The van der Waals surface area contributed by atoms with Crippen LogP contribution in [0.1, 0.15) is 30.0 Å². The number of methoxy groups -OCH3 is 1. The molecule has 0 radical (unpaired) electrons. The second-order valence-corrected chi connectivity index (χ2v) is 7.49. The predicted octanol–water partition coefficient (Wildman–Crippen LogP) is 3.38. The quantitative estimate of drug-likeness (QED) is 0.864. The fraction of sp³-hybridized carbons (Fsp3) is 0.455. The lowest BCUT2D eigenvalue weighted by molar-refractivity contribution is 0.254. The molecule has 2 aromatic carbocycles. The van der Waals surface area contributed by atoms with Gasteiger partial charge in [0.15, 0.2) is 0 Å². The number of benzene rings is 2. The maximum Gasteiger partial charge on any atom is 0.123 e. The van der Waals surface area contributed by atoms with Gasteiger partial charge in [-0.2, -0.15) is 0 Å². The second-order valence-electron chi connectivity index (χ2n) is 7.49. The molecular weight excluding hydrogens is 324 g/mol. The van der Waals surface area contributed by atoms with Crippen molar-refractivity contribution >= 4 is 0 Å². The Morgan fingerprint density at radius 1 is 1.23 bits per heavy atom. The topological polar surface area (TPSA) is 33.7 Å². The average Bonchev–Trinajstić information content (AvgIpc) is 3.24.